The molecule has 0 amide bonds. The van der Waals surface area contributed by atoms with Gasteiger partial charge in [-0.1, -0.05) is 12.8 Å². The van der Waals surface area contributed by atoms with Crippen LogP contribution in [0.1, 0.15) is 37.2 Å². The van der Waals surface area contributed by atoms with E-state index >= 15 is 0 Å². The SMILES string of the molecule is Fc1ccc2c(c1)C(C1CCCC1)CN2. The van der Waals surface area contributed by atoms with Crippen LogP contribution in [-0.4, -0.2) is 6.54 Å². The van der Waals surface area contributed by atoms with Gasteiger partial charge in [0.25, 0.3) is 0 Å². The molecule has 1 aliphatic heterocycles. The predicted molar refractivity (Wildman–Crippen MR) is 59.6 cm³/mol. The maximum Gasteiger partial charge on any atom is 0.123 e. The highest BCUT2D eigenvalue weighted by molar-refractivity contribution is 5.58. The summed E-state index contributed by atoms with van der Waals surface area (Å²) in [4.78, 5) is 0. The van der Waals surface area contributed by atoms with Crippen molar-refractivity contribution in [3.8, 4) is 0 Å². The minimum absolute atomic E-state index is 0.0968. The molecule has 1 aliphatic carbocycles. The maximum absolute atomic E-state index is 13.2. The minimum atomic E-state index is -0.0968. The van der Waals surface area contributed by atoms with Crippen LogP contribution in [0.4, 0.5) is 10.1 Å². The number of hydrogen-bond acceptors (Lipinski definition) is 1. The van der Waals surface area contributed by atoms with Gasteiger partial charge in [0.05, 0.1) is 0 Å². The van der Waals surface area contributed by atoms with Crippen molar-refractivity contribution in [2.24, 2.45) is 5.92 Å². The molecule has 1 fully saturated rings. The van der Waals surface area contributed by atoms with Gasteiger partial charge in [0, 0.05) is 18.2 Å². The van der Waals surface area contributed by atoms with Crippen LogP contribution in [-0.2, 0) is 0 Å². The van der Waals surface area contributed by atoms with Gasteiger partial charge in [-0.15, -0.1) is 0 Å². The fourth-order valence-corrected chi connectivity index (χ4v) is 3.11. The highest BCUT2D eigenvalue weighted by atomic mass is 19.1. The van der Waals surface area contributed by atoms with Gasteiger partial charge in [-0.05, 0) is 42.5 Å². The highest BCUT2D eigenvalue weighted by Gasteiger charge is 2.31. The molecule has 1 aromatic carbocycles. The first-order chi connectivity index (χ1) is 7.34. The molecule has 2 aliphatic rings. The van der Waals surface area contributed by atoms with Crippen molar-refractivity contribution >= 4 is 5.69 Å². The summed E-state index contributed by atoms with van der Waals surface area (Å²) in [5.74, 6) is 1.24. The summed E-state index contributed by atoms with van der Waals surface area (Å²) in [7, 11) is 0. The number of nitrogens with one attached hydrogen (secondary N) is 1. The van der Waals surface area contributed by atoms with E-state index in [9.17, 15) is 4.39 Å². The van der Waals surface area contributed by atoms with E-state index in [-0.39, 0.29) is 5.82 Å². The van der Waals surface area contributed by atoms with E-state index in [1.165, 1.54) is 31.2 Å². The van der Waals surface area contributed by atoms with Crippen LogP contribution < -0.4 is 5.32 Å². The van der Waals surface area contributed by atoms with Crippen molar-refractivity contribution in [2.45, 2.75) is 31.6 Å². The molecule has 1 aromatic rings. The van der Waals surface area contributed by atoms with Crippen molar-refractivity contribution in [3.63, 3.8) is 0 Å². The first-order valence-corrected chi connectivity index (χ1v) is 5.88. The van der Waals surface area contributed by atoms with E-state index in [1.54, 1.807) is 12.1 Å². The van der Waals surface area contributed by atoms with E-state index in [2.05, 4.69) is 5.32 Å². The lowest BCUT2D eigenvalue weighted by Crippen LogP contribution is -2.11. The van der Waals surface area contributed by atoms with Crippen molar-refractivity contribution in [1.82, 2.24) is 0 Å². The van der Waals surface area contributed by atoms with E-state index in [0.717, 1.165) is 18.2 Å². The molecule has 1 unspecified atom stereocenters. The van der Waals surface area contributed by atoms with E-state index in [4.69, 9.17) is 0 Å². The Balaban J connectivity index is 1.92. The molecule has 1 atom stereocenters. The molecule has 3 rings (SSSR count). The quantitative estimate of drug-likeness (QED) is 0.739. The van der Waals surface area contributed by atoms with Crippen LogP contribution >= 0.6 is 0 Å². The van der Waals surface area contributed by atoms with Crippen LogP contribution in [0.25, 0.3) is 0 Å². The topological polar surface area (TPSA) is 12.0 Å². The average Bonchev–Trinajstić information content (AvgIpc) is 2.83. The molecule has 1 N–H and O–H groups in total. The summed E-state index contributed by atoms with van der Waals surface area (Å²) in [5.41, 5.74) is 2.36. The Hall–Kier alpha value is -1.05. The predicted octanol–water partition coefficient (Wildman–Crippen LogP) is 3.53. The van der Waals surface area contributed by atoms with E-state index in [1.807, 2.05) is 6.07 Å². The number of fused-ring (bicyclic) bond motifs is 1. The van der Waals surface area contributed by atoms with Gasteiger partial charge in [0.1, 0.15) is 5.82 Å². The highest BCUT2D eigenvalue weighted by Crippen LogP contribution is 2.43. The van der Waals surface area contributed by atoms with Crippen LogP contribution in [0.2, 0.25) is 0 Å². The third kappa shape index (κ3) is 1.52. The molecule has 1 heterocycles. The van der Waals surface area contributed by atoms with Crippen molar-refractivity contribution in [3.05, 3.63) is 29.6 Å². The zero-order chi connectivity index (χ0) is 10.3. The molecule has 0 saturated heterocycles. The first kappa shape index (κ1) is 9.20. The van der Waals surface area contributed by atoms with Gasteiger partial charge in [-0.25, -0.2) is 4.39 Å². The van der Waals surface area contributed by atoms with Crippen LogP contribution in [0.15, 0.2) is 18.2 Å². The fraction of sp³-hybridized carbons (Fsp3) is 0.538. The molecular formula is C13H16FN. The Kier molecular flexibility index (Phi) is 2.15. The van der Waals surface area contributed by atoms with Gasteiger partial charge in [-0.2, -0.15) is 0 Å². The third-order valence-electron chi connectivity index (χ3n) is 3.89. The van der Waals surface area contributed by atoms with Crippen molar-refractivity contribution < 1.29 is 4.39 Å². The lowest BCUT2D eigenvalue weighted by molar-refractivity contribution is 0.458. The Morgan fingerprint density at radius 3 is 2.80 bits per heavy atom. The lowest BCUT2D eigenvalue weighted by atomic mass is 9.86. The van der Waals surface area contributed by atoms with Gasteiger partial charge >= 0.3 is 0 Å². The smallest absolute Gasteiger partial charge is 0.123 e. The van der Waals surface area contributed by atoms with Gasteiger partial charge in [-0.3, -0.25) is 0 Å². The Labute approximate surface area is 89.7 Å². The van der Waals surface area contributed by atoms with Crippen molar-refractivity contribution in [1.29, 1.82) is 0 Å². The second kappa shape index (κ2) is 3.51. The second-order valence-corrected chi connectivity index (χ2v) is 4.76. The Morgan fingerprint density at radius 2 is 2.00 bits per heavy atom. The third-order valence-corrected chi connectivity index (χ3v) is 3.89. The number of benzene rings is 1. The van der Waals surface area contributed by atoms with Gasteiger partial charge < -0.3 is 5.32 Å². The number of anilines is 1. The molecule has 0 radical (unpaired) electrons. The monoisotopic (exact) mass is 205 g/mol. The van der Waals surface area contributed by atoms with Gasteiger partial charge in [0.2, 0.25) is 0 Å². The zero-order valence-electron chi connectivity index (χ0n) is 8.80. The molecule has 0 spiro atoms. The summed E-state index contributed by atoms with van der Waals surface area (Å²) in [5, 5.41) is 3.39. The Bertz CT molecular complexity index is 369. The molecule has 1 saturated carbocycles. The molecule has 0 bridgehead atoms. The van der Waals surface area contributed by atoms with E-state index in [0.29, 0.717) is 5.92 Å². The second-order valence-electron chi connectivity index (χ2n) is 4.76. The van der Waals surface area contributed by atoms with Crippen molar-refractivity contribution in [2.75, 3.05) is 11.9 Å². The molecule has 2 heteroatoms. The molecule has 1 nitrogen and oxygen atoms in total. The first-order valence-electron chi connectivity index (χ1n) is 5.88. The van der Waals surface area contributed by atoms with Crippen LogP contribution in [0.5, 0.6) is 0 Å². The van der Waals surface area contributed by atoms with E-state index < -0.39 is 0 Å². The summed E-state index contributed by atoms with van der Waals surface area (Å²) < 4.78 is 13.2. The zero-order valence-corrected chi connectivity index (χ0v) is 8.80. The molecule has 0 aromatic heterocycles. The number of hydrogen-bond donors (Lipinski definition) is 1. The molecular weight excluding hydrogens is 189 g/mol. The minimum Gasteiger partial charge on any atom is -0.384 e. The normalized spacial score (nSPS) is 25.3. The van der Waals surface area contributed by atoms with Gasteiger partial charge in [0.15, 0.2) is 0 Å². The average molecular weight is 205 g/mol. The maximum atomic E-state index is 13.2. The Morgan fingerprint density at radius 1 is 1.20 bits per heavy atom. The van der Waals surface area contributed by atoms with Crippen LogP contribution in [0.3, 0.4) is 0 Å². The summed E-state index contributed by atoms with van der Waals surface area (Å²) in [6.45, 7) is 1.00. The molecule has 80 valence electrons. The summed E-state index contributed by atoms with van der Waals surface area (Å²) in [6, 6.07) is 5.14. The summed E-state index contributed by atoms with van der Waals surface area (Å²) >= 11 is 0. The number of rotatable bonds is 1. The fourth-order valence-electron chi connectivity index (χ4n) is 3.11. The number of halogens is 1. The summed E-state index contributed by atoms with van der Waals surface area (Å²) in [6.07, 6.45) is 5.35. The largest absolute Gasteiger partial charge is 0.384 e. The standard InChI is InChI=1S/C13H16FN/c14-10-5-6-13-11(7-10)12(8-15-13)9-3-1-2-4-9/h5-7,9,12,15H,1-4,8H2. The van der Waals surface area contributed by atoms with Crippen LogP contribution in [0, 0.1) is 11.7 Å². The molecule has 15 heavy (non-hydrogen) atoms. The lowest BCUT2D eigenvalue weighted by Gasteiger charge is -2.17.